The fraction of sp³-hybridized carbons (Fsp3) is 0.889. The zero-order chi connectivity index (χ0) is 14.2. The Morgan fingerprint density at radius 3 is 1.84 bits per heavy atom. The van der Waals surface area contributed by atoms with Gasteiger partial charge in [0.05, 0.1) is 0 Å². The highest BCUT2D eigenvalue weighted by Crippen LogP contribution is 2.15. The molecule has 0 N–H and O–H groups in total. The summed E-state index contributed by atoms with van der Waals surface area (Å²) in [6.07, 6.45) is 20.0. The fourth-order valence-corrected chi connectivity index (χ4v) is 2.65. The summed E-state index contributed by atoms with van der Waals surface area (Å²) in [5, 5.41) is 0. The van der Waals surface area contributed by atoms with Crippen LogP contribution in [0.1, 0.15) is 97.3 Å². The molecule has 0 bridgehead atoms. The van der Waals surface area contributed by atoms with Gasteiger partial charge in [-0.2, -0.15) is 0 Å². The van der Waals surface area contributed by atoms with Crippen molar-refractivity contribution in [2.24, 2.45) is 0 Å². The van der Waals surface area contributed by atoms with E-state index in [-0.39, 0.29) is 0 Å². The van der Waals surface area contributed by atoms with Gasteiger partial charge in [-0.15, -0.1) is 11.6 Å². The molecule has 0 rings (SSSR count). The van der Waals surface area contributed by atoms with E-state index in [2.05, 4.69) is 19.9 Å². The number of rotatable bonds is 14. The van der Waals surface area contributed by atoms with Crippen LogP contribution in [0.5, 0.6) is 0 Å². The van der Waals surface area contributed by atoms with Crippen LogP contribution >= 0.6 is 11.6 Å². The predicted molar refractivity (Wildman–Crippen MR) is 90.2 cm³/mol. The van der Waals surface area contributed by atoms with Gasteiger partial charge in [0.15, 0.2) is 0 Å². The maximum absolute atomic E-state index is 6.02. The highest BCUT2D eigenvalue weighted by molar-refractivity contribution is 6.19. The van der Waals surface area contributed by atoms with Crippen molar-refractivity contribution < 1.29 is 0 Å². The van der Waals surface area contributed by atoms with Gasteiger partial charge < -0.3 is 0 Å². The first kappa shape index (κ1) is 19.0. The zero-order valence-corrected chi connectivity index (χ0v) is 14.1. The molecule has 0 spiro atoms. The first-order valence-electron chi connectivity index (χ1n) is 8.59. The van der Waals surface area contributed by atoms with Crippen molar-refractivity contribution in [2.75, 3.05) is 5.88 Å². The maximum Gasteiger partial charge on any atom is 0.0433 e. The smallest absolute Gasteiger partial charge is 0.0433 e. The van der Waals surface area contributed by atoms with Crippen molar-refractivity contribution in [3.05, 3.63) is 11.6 Å². The number of unbranched alkanes of at least 4 members (excludes halogenated alkanes) is 10. The lowest BCUT2D eigenvalue weighted by Gasteiger charge is -2.04. The Morgan fingerprint density at radius 1 is 0.737 bits per heavy atom. The third kappa shape index (κ3) is 14.3. The zero-order valence-electron chi connectivity index (χ0n) is 13.4. The molecule has 19 heavy (non-hydrogen) atoms. The quantitative estimate of drug-likeness (QED) is 0.179. The van der Waals surface area contributed by atoms with E-state index in [4.69, 9.17) is 11.6 Å². The molecule has 114 valence electrons. The summed E-state index contributed by atoms with van der Waals surface area (Å²) in [5.41, 5.74) is 1.48. The summed E-state index contributed by atoms with van der Waals surface area (Å²) in [7, 11) is 0. The van der Waals surface area contributed by atoms with E-state index in [0.29, 0.717) is 0 Å². The average molecular weight is 287 g/mol. The number of halogens is 1. The van der Waals surface area contributed by atoms with Crippen LogP contribution in [0.4, 0.5) is 0 Å². The third-order valence-corrected chi connectivity index (χ3v) is 4.11. The first-order valence-corrected chi connectivity index (χ1v) is 9.12. The van der Waals surface area contributed by atoms with Crippen LogP contribution in [0.3, 0.4) is 0 Å². The molecule has 0 atom stereocenters. The molecule has 0 aliphatic rings. The normalized spacial score (nSPS) is 12.1. The van der Waals surface area contributed by atoms with E-state index >= 15 is 0 Å². The molecule has 0 nitrogen and oxygen atoms in total. The van der Waals surface area contributed by atoms with E-state index in [1.807, 2.05) is 0 Å². The Hall–Kier alpha value is 0.0300. The molecule has 0 radical (unpaired) electrons. The molecule has 1 heteroatoms. The minimum absolute atomic E-state index is 0.740. The van der Waals surface area contributed by atoms with Crippen LogP contribution in [-0.2, 0) is 0 Å². The maximum atomic E-state index is 6.02. The van der Waals surface area contributed by atoms with Gasteiger partial charge in [0.2, 0.25) is 0 Å². The first-order chi connectivity index (χ1) is 9.35. The predicted octanol–water partition coefficient (Wildman–Crippen LogP) is 7.26. The van der Waals surface area contributed by atoms with Gasteiger partial charge in [-0.1, -0.05) is 83.3 Å². The van der Waals surface area contributed by atoms with Crippen molar-refractivity contribution in [3.8, 4) is 0 Å². The summed E-state index contributed by atoms with van der Waals surface area (Å²) in [5.74, 6) is 0.740. The monoisotopic (exact) mass is 286 g/mol. The number of allylic oxidation sites excluding steroid dienone is 2. The van der Waals surface area contributed by atoms with Crippen LogP contribution in [0.25, 0.3) is 0 Å². The van der Waals surface area contributed by atoms with Gasteiger partial charge in [0, 0.05) is 5.88 Å². The Kier molecular flexibility index (Phi) is 16.1. The Balaban J connectivity index is 3.46. The number of hydrogen-bond donors (Lipinski definition) is 0. The summed E-state index contributed by atoms with van der Waals surface area (Å²) in [6.45, 7) is 4.54. The summed E-state index contributed by atoms with van der Waals surface area (Å²) in [4.78, 5) is 0. The summed E-state index contributed by atoms with van der Waals surface area (Å²) >= 11 is 6.02. The lowest BCUT2D eigenvalue weighted by atomic mass is 10.0. The standard InChI is InChI=1S/C18H35Cl/c1-3-5-7-9-10-12-14-16-18(17-19)15-13-11-8-6-4-2/h16H,3-15,17H2,1-2H3/b18-16-. The van der Waals surface area contributed by atoms with E-state index in [1.165, 1.54) is 89.0 Å². The summed E-state index contributed by atoms with van der Waals surface area (Å²) in [6, 6.07) is 0. The van der Waals surface area contributed by atoms with Gasteiger partial charge in [0.25, 0.3) is 0 Å². The largest absolute Gasteiger partial charge is 0.122 e. The molecule has 0 aromatic heterocycles. The molecule has 0 saturated carbocycles. The van der Waals surface area contributed by atoms with E-state index in [9.17, 15) is 0 Å². The minimum atomic E-state index is 0.740. The molecule has 0 aliphatic carbocycles. The Morgan fingerprint density at radius 2 is 1.26 bits per heavy atom. The van der Waals surface area contributed by atoms with Crippen LogP contribution in [0.2, 0.25) is 0 Å². The molecule has 0 heterocycles. The van der Waals surface area contributed by atoms with Crippen molar-refractivity contribution in [3.63, 3.8) is 0 Å². The van der Waals surface area contributed by atoms with Crippen LogP contribution in [0, 0.1) is 0 Å². The van der Waals surface area contributed by atoms with Gasteiger partial charge in [-0.3, -0.25) is 0 Å². The van der Waals surface area contributed by atoms with Crippen LogP contribution in [0.15, 0.2) is 11.6 Å². The lowest BCUT2D eigenvalue weighted by molar-refractivity contribution is 0.608. The lowest BCUT2D eigenvalue weighted by Crippen LogP contribution is -1.88. The fourth-order valence-electron chi connectivity index (χ4n) is 2.41. The number of hydrogen-bond acceptors (Lipinski definition) is 0. The van der Waals surface area contributed by atoms with Gasteiger partial charge in [-0.05, 0) is 25.7 Å². The topological polar surface area (TPSA) is 0 Å². The molecule has 0 saturated heterocycles. The Labute approximate surface area is 127 Å². The number of alkyl halides is 1. The van der Waals surface area contributed by atoms with Gasteiger partial charge >= 0.3 is 0 Å². The van der Waals surface area contributed by atoms with E-state index in [0.717, 1.165) is 5.88 Å². The van der Waals surface area contributed by atoms with E-state index < -0.39 is 0 Å². The van der Waals surface area contributed by atoms with Crippen LogP contribution in [-0.4, -0.2) is 5.88 Å². The minimum Gasteiger partial charge on any atom is -0.122 e. The van der Waals surface area contributed by atoms with Crippen molar-refractivity contribution in [1.82, 2.24) is 0 Å². The van der Waals surface area contributed by atoms with Crippen molar-refractivity contribution >= 4 is 11.6 Å². The van der Waals surface area contributed by atoms with Gasteiger partial charge in [-0.25, -0.2) is 0 Å². The van der Waals surface area contributed by atoms with E-state index in [1.54, 1.807) is 0 Å². The molecule has 0 unspecified atom stereocenters. The molecular weight excluding hydrogens is 252 g/mol. The molecule has 0 amide bonds. The highest BCUT2D eigenvalue weighted by atomic mass is 35.5. The second kappa shape index (κ2) is 16.1. The molecule has 0 fully saturated rings. The second-order valence-electron chi connectivity index (χ2n) is 5.72. The van der Waals surface area contributed by atoms with Crippen molar-refractivity contribution in [1.29, 1.82) is 0 Å². The molecule has 0 aliphatic heterocycles. The summed E-state index contributed by atoms with van der Waals surface area (Å²) < 4.78 is 0. The van der Waals surface area contributed by atoms with Gasteiger partial charge in [0.1, 0.15) is 0 Å². The highest BCUT2D eigenvalue weighted by Gasteiger charge is 1.97. The SMILES string of the molecule is CCCCCCCC/C=C(\CCl)CCCCCCC. The molecule has 0 aromatic rings. The Bertz CT molecular complexity index is 196. The third-order valence-electron chi connectivity index (χ3n) is 3.76. The average Bonchev–Trinajstić information content (AvgIpc) is 2.44. The van der Waals surface area contributed by atoms with Crippen LogP contribution < -0.4 is 0 Å². The molecular formula is C18H35Cl. The second-order valence-corrected chi connectivity index (χ2v) is 5.98. The molecule has 0 aromatic carbocycles. The van der Waals surface area contributed by atoms with Crippen molar-refractivity contribution in [2.45, 2.75) is 97.3 Å².